The standard InChI is InChI=1S/C17H25NO2/c1-4-10-18-17(13(2)9-11-19-3)15-12-20-16-8-6-5-7-14(15)16/h5-8,12-13,17-18H,4,9-11H2,1-3H3. The third kappa shape index (κ3) is 3.41. The summed E-state index contributed by atoms with van der Waals surface area (Å²) in [7, 11) is 1.76. The zero-order valence-electron chi connectivity index (χ0n) is 12.7. The second-order valence-electron chi connectivity index (χ2n) is 5.38. The molecule has 0 fully saturated rings. The molecule has 0 aliphatic heterocycles. The quantitative estimate of drug-likeness (QED) is 0.786. The molecule has 0 radical (unpaired) electrons. The summed E-state index contributed by atoms with van der Waals surface area (Å²) in [4.78, 5) is 0. The summed E-state index contributed by atoms with van der Waals surface area (Å²) in [6.45, 7) is 6.27. The second kappa shape index (κ2) is 7.46. The van der Waals surface area contributed by atoms with Gasteiger partial charge in [0.25, 0.3) is 0 Å². The van der Waals surface area contributed by atoms with Crippen LogP contribution < -0.4 is 5.32 Å². The molecular formula is C17H25NO2. The lowest BCUT2D eigenvalue weighted by atomic mass is 9.91. The maximum Gasteiger partial charge on any atom is 0.134 e. The van der Waals surface area contributed by atoms with E-state index in [-0.39, 0.29) is 0 Å². The van der Waals surface area contributed by atoms with Crippen molar-refractivity contribution in [2.75, 3.05) is 20.3 Å². The molecule has 2 atom stereocenters. The Bertz CT molecular complexity index is 520. The minimum absolute atomic E-state index is 0.314. The normalized spacial score (nSPS) is 14.6. The number of nitrogens with one attached hydrogen (secondary N) is 1. The molecule has 110 valence electrons. The van der Waals surface area contributed by atoms with E-state index in [2.05, 4.69) is 31.3 Å². The lowest BCUT2D eigenvalue weighted by molar-refractivity contribution is 0.170. The Balaban J connectivity index is 2.25. The van der Waals surface area contributed by atoms with Gasteiger partial charge in [-0.05, 0) is 31.4 Å². The zero-order chi connectivity index (χ0) is 14.4. The van der Waals surface area contributed by atoms with E-state index in [0.29, 0.717) is 12.0 Å². The van der Waals surface area contributed by atoms with Crippen molar-refractivity contribution < 1.29 is 9.15 Å². The molecule has 2 unspecified atom stereocenters. The van der Waals surface area contributed by atoms with Crippen molar-refractivity contribution in [2.24, 2.45) is 5.92 Å². The van der Waals surface area contributed by atoms with Crippen molar-refractivity contribution in [3.63, 3.8) is 0 Å². The van der Waals surface area contributed by atoms with Gasteiger partial charge >= 0.3 is 0 Å². The number of para-hydroxylation sites is 1. The summed E-state index contributed by atoms with van der Waals surface area (Å²) in [6, 6.07) is 8.55. The van der Waals surface area contributed by atoms with Gasteiger partial charge in [0.05, 0.1) is 6.26 Å². The number of hydrogen-bond acceptors (Lipinski definition) is 3. The first kappa shape index (κ1) is 15.1. The topological polar surface area (TPSA) is 34.4 Å². The lowest BCUT2D eigenvalue weighted by Gasteiger charge is -2.24. The number of furan rings is 1. The van der Waals surface area contributed by atoms with E-state index < -0.39 is 0 Å². The molecule has 0 aliphatic carbocycles. The van der Waals surface area contributed by atoms with Gasteiger partial charge in [-0.3, -0.25) is 0 Å². The van der Waals surface area contributed by atoms with Gasteiger partial charge in [-0.25, -0.2) is 0 Å². The first-order valence-corrected chi connectivity index (χ1v) is 7.46. The molecular weight excluding hydrogens is 250 g/mol. The molecule has 0 aliphatic rings. The number of benzene rings is 1. The van der Waals surface area contributed by atoms with Crippen molar-refractivity contribution in [1.29, 1.82) is 0 Å². The van der Waals surface area contributed by atoms with Gasteiger partial charge < -0.3 is 14.5 Å². The molecule has 0 saturated carbocycles. The van der Waals surface area contributed by atoms with Crippen LogP contribution in [0.25, 0.3) is 11.0 Å². The average Bonchev–Trinajstić information content (AvgIpc) is 2.89. The van der Waals surface area contributed by atoms with Crippen LogP contribution >= 0.6 is 0 Å². The Morgan fingerprint density at radius 3 is 2.85 bits per heavy atom. The van der Waals surface area contributed by atoms with Crippen molar-refractivity contribution in [3.05, 3.63) is 36.1 Å². The fourth-order valence-corrected chi connectivity index (χ4v) is 2.63. The van der Waals surface area contributed by atoms with E-state index in [0.717, 1.165) is 31.6 Å². The fraction of sp³-hybridized carbons (Fsp3) is 0.529. The number of methoxy groups -OCH3 is 1. The van der Waals surface area contributed by atoms with Crippen LogP contribution in [-0.2, 0) is 4.74 Å². The van der Waals surface area contributed by atoms with Gasteiger partial charge in [-0.1, -0.05) is 32.0 Å². The molecule has 1 heterocycles. The Kier molecular flexibility index (Phi) is 5.62. The van der Waals surface area contributed by atoms with Crippen molar-refractivity contribution in [2.45, 2.75) is 32.7 Å². The first-order chi connectivity index (χ1) is 9.77. The molecule has 0 saturated heterocycles. The molecule has 1 aromatic heterocycles. The largest absolute Gasteiger partial charge is 0.464 e. The van der Waals surface area contributed by atoms with Crippen LogP contribution in [0.4, 0.5) is 0 Å². The summed E-state index contributed by atoms with van der Waals surface area (Å²) < 4.78 is 10.9. The van der Waals surface area contributed by atoms with Gasteiger partial charge in [0.1, 0.15) is 5.58 Å². The molecule has 2 rings (SSSR count). The average molecular weight is 275 g/mol. The van der Waals surface area contributed by atoms with E-state index in [1.165, 1.54) is 10.9 Å². The fourth-order valence-electron chi connectivity index (χ4n) is 2.63. The number of hydrogen-bond donors (Lipinski definition) is 1. The third-order valence-electron chi connectivity index (χ3n) is 3.81. The highest BCUT2D eigenvalue weighted by molar-refractivity contribution is 5.81. The van der Waals surface area contributed by atoms with Gasteiger partial charge in [0, 0.05) is 30.7 Å². The van der Waals surface area contributed by atoms with Crippen LogP contribution in [0.3, 0.4) is 0 Å². The number of rotatable bonds is 8. The molecule has 20 heavy (non-hydrogen) atoms. The minimum atomic E-state index is 0.314. The molecule has 3 nitrogen and oxygen atoms in total. The zero-order valence-corrected chi connectivity index (χ0v) is 12.7. The first-order valence-electron chi connectivity index (χ1n) is 7.46. The highest BCUT2D eigenvalue weighted by Gasteiger charge is 2.22. The molecule has 3 heteroatoms. The van der Waals surface area contributed by atoms with Gasteiger partial charge in [-0.15, -0.1) is 0 Å². The van der Waals surface area contributed by atoms with Crippen LogP contribution in [0.1, 0.15) is 38.3 Å². The van der Waals surface area contributed by atoms with Crippen LogP contribution in [0.15, 0.2) is 34.9 Å². The van der Waals surface area contributed by atoms with Crippen LogP contribution in [0.5, 0.6) is 0 Å². The summed E-state index contributed by atoms with van der Waals surface area (Å²) in [5, 5.41) is 4.87. The van der Waals surface area contributed by atoms with E-state index in [4.69, 9.17) is 9.15 Å². The third-order valence-corrected chi connectivity index (χ3v) is 3.81. The maximum atomic E-state index is 5.69. The van der Waals surface area contributed by atoms with E-state index in [9.17, 15) is 0 Å². The monoisotopic (exact) mass is 275 g/mol. The summed E-state index contributed by atoms with van der Waals surface area (Å²) >= 11 is 0. The van der Waals surface area contributed by atoms with Gasteiger partial charge in [-0.2, -0.15) is 0 Å². The summed E-state index contributed by atoms with van der Waals surface area (Å²) in [5.74, 6) is 0.502. The van der Waals surface area contributed by atoms with Crippen LogP contribution in [-0.4, -0.2) is 20.3 Å². The van der Waals surface area contributed by atoms with E-state index in [1.807, 2.05) is 18.4 Å². The molecule has 2 aromatic rings. The predicted molar refractivity (Wildman–Crippen MR) is 82.9 cm³/mol. The highest BCUT2D eigenvalue weighted by Crippen LogP contribution is 2.32. The van der Waals surface area contributed by atoms with Gasteiger partial charge in [0.15, 0.2) is 0 Å². The molecule has 1 N–H and O–H groups in total. The Morgan fingerprint density at radius 1 is 1.30 bits per heavy atom. The van der Waals surface area contributed by atoms with Crippen LogP contribution in [0, 0.1) is 5.92 Å². The predicted octanol–water partition coefficient (Wildman–Crippen LogP) is 4.15. The van der Waals surface area contributed by atoms with E-state index in [1.54, 1.807) is 7.11 Å². The summed E-state index contributed by atoms with van der Waals surface area (Å²) in [6.07, 6.45) is 4.07. The van der Waals surface area contributed by atoms with Crippen molar-refractivity contribution in [1.82, 2.24) is 5.32 Å². The second-order valence-corrected chi connectivity index (χ2v) is 5.38. The smallest absolute Gasteiger partial charge is 0.134 e. The molecule has 0 spiro atoms. The van der Waals surface area contributed by atoms with Crippen molar-refractivity contribution >= 4 is 11.0 Å². The Labute approximate surface area is 121 Å². The summed E-state index contributed by atoms with van der Waals surface area (Å²) in [5.41, 5.74) is 2.22. The van der Waals surface area contributed by atoms with Crippen molar-refractivity contribution in [3.8, 4) is 0 Å². The molecule has 1 aromatic carbocycles. The molecule has 0 bridgehead atoms. The number of ether oxygens (including phenoxy) is 1. The van der Waals surface area contributed by atoms with Gasteiger partial charge in [0.2, 0.25) is 0 Å². The van der Waals surface area contributed by atoms with E-state index >= 15 is 0 Å². The lowest BCUT2D eigenvalue weighted by Crippen LogP contribution is -2.28. The van der Waals surface area contributed by atoms with Crippen LogP contribution in [0.2, 0.25) is 0 Å². The molecule has 0 amide bonds. The Hall–Kier alpha value is -1.32. The SMILES string of the molecule is CCCNC(c1coc2ccccc12)C(C)CCOC. The Morgan fingerprint density at radius 2 is 2.10 bits per heavy atom. The maximum absolute atomic E-state index is 5.69. The highest BCUT2D eigenvalue weighted by atomic mass is 16.5. The number of fused-ring (bicyclic) bond motifs is 1. The minimum Gasteiger partial charge on any atom is -0.464 e.